The number of aliphatic hydroxyl groups is 5. The number of carbonyl (C=O) groups is 1. The maximum absolute atomic E-state index is 12.9. The number of rotatable bonds is 49. The van der Waals surface area contributed by atoms with E-state index in [-0.39, 0.29) is 12.5 Å². The van der Waals surface area contributed by atoms with Gasteiger partial charge in [-0.3, -0.25) is 4.79 Å². The van der Waals surface area contributed by atoms with Gasteiger partial charge in [0.25, 0.3) is 0 Å². The van der Waals surface area contributed by atoms with Gasteiger partial charge in [-0.15, -0.1) is 0 Å². The minimum atomic E-state index is -1.56. The van der Waals surface area contributed by atoms with Gasteiger partial charge < -0.3 is 40.3 Å². The van der Waals surface area contributed by atoms with E-state index in [0.29, 0.717) is 6.42 Å². The van der Waals surface area contributed by atoms with Crippen LogP contribution in [-0.4, -0.2) is 87.5 Å². The van der Waals surface area contributed by atoms with E-state index in [9.17, 15) is 30.3 Å². The lowest BCUT2D eigenvalue weighted by atomic mass is 9.99. The van der Waals surface area contributed by atoms with Crippen LogP contribution < -0.4 is 5.32 Å². The Bertz CT molecular complexity index is 1270. The van der Waals surface area contributed by atoms with Gasteiger partial charge in [-0.25, -0.2) is 0 Å². The molecule has 1 aliphatic rings. The lowest BCUT2D eigenvalue weighted by Crippen LogP contribution is -2.60. The molecule has 1 aliphatic heterocycles. The summed E-state index contributed by atoms with van der Waals surface area (Å²) in [6.07, 6.45) is 61.1. The first-order valence-electron chi connectivity index (χ1n) is 29.0. The van der Waals surface area contributed by atoms with Crippen LogP contribution in [0.25, 0.3) is 0 Å². The van der Waals surface area contributed by atoms with Gasteiger partial charge in [-0.1, -0.05) is 254 Å². The Morgan fingerprint density at radius 1 is 0.507 bits per heavy atom. The third-order valence-electron chi connectivity index (χ3n) is 13.6. The predicted molar refractivity (Wildman–Crippen MR) is 290 cm³/mol. The molecule has 402 valence electrons. The number of ether oxygens (including phenoxy) is 2. The van der Waals surface area contributed by atoms with Crippen molar-refractivity contribution in [2.45, 2.75) is 301 Å². The van der Waals surface area contributed by atoms with E-state index in [2.05, 4.69) is 67.8 Å². The van der Waals surface area contributed by atoms with E-state index in [1.807, 2.05) is 6.08 Å². The molecular weight excluding hydrogens is 863 g/mol. The topological polar surface area (TPSA) is 149 Å². The van der Waals surface area contributed by atoms with Crippen LogP contribution >= 0.6 is 0 Å². The maximum atomic E-state index is 12.9. The SMILES string of the molecule is CC/C=C\C/C=C\C/C=C\C/C=C\CCCCCCCCCCCCCCCCCCCCCCCCCCCCCCC(=O)NC(COC1OC(CO)C(O)C(O)C1O)C(O)/C=C/CCCCC. The second-order valence-corrected chi connectivity index (χ2v) is 20.1. The second-order valence-electron chi connectivity index (χ2n) is 20.1. The van der Waals surface area contributed by atoms with Crippen molar-refractivity contribution in [2.75, 3.05) is 13.2 Å². The summed E-state index contributed by atoms with van der Waals surface area (Å²) in [6.45, 7) is 3.55. The molecule has 1 amide bonds. The molecule has 69 heavy (non-hydrogen) atoms. The minimum Gasteiger partial charge on any atom is -0.394 e. The van der Waals surface area contributed by atoms with Crippen LogP contribution in [-0.2, 0) is 14.3 Å². The highest BCUT2D eigenvalue weighted by Gasteiger charge is 2.44. The molecule has 0 bridgehead atoms. The maximum Gasteiger partial charge on any atom is 0.220 e. The molecule has 9 nitrogen and oxygen atoms in total. The average molecular weight is 973 g/mol. The minimum absolute atomic E-state index is 0.181. The Kier molecular flexibility index (Phi) is 46.5. The molecule has 0 aliphatic carbocycles. The molecule has 0 aromatic rings. The first kappa shape index (κ1) is 64.9. The highest BCUT2D eigenvalue weighted by molar-refractivity contribution is 5.76. The summed E-state index contributed by atoms with van der Waals surface area (Å²) in [5.74, 6) is -0.181. The lowest BCUT2D eigenvalue weighted by Gasteiger charge is -2.40. The zero-order valence-electron chi connectivity index (χ0n) is 44.6. The molecular formula is C60H109NO8. The van der Waals surface area contributed by atoms with E-state index >= 15 is 0 Å². The number of allylic oxidation sites excluding steroid dienone is 9. The van der Waals surface area contributed by atoms with Gasteiger partial charge in [-0.2, -0.15) is 0 Å². The van der Waals surface area contributed by atoms with Crippen molar-refractivity contribution in [1.29, 1.82) is 0 Å². The largest absolute Gasteiger partial charge is 0.394 e. The Morgan fingerprint density at radius 2 is 0.899 bits per heavy atom. The fourth-order valence-electron chi connectivity index (χ4n) is 9.03. The third kappa shape index (κ3) is 39.1. The van der Waals surface area contributed by atoms with Gasteiger partial charge in [0.05, 0.1) is 25.4 Å². The first-order valence-corrected chi connectivity index (χ1v) is 29.0. The van der Waals surface area contributed by atoms with Crippen molar-refractivity contribution in [2.24, 2.45) is 0 Å². The van der Waals surface area contributed by atoms with Crippen LogP contribution in [0.1, 0.15) is 258 Å². The van der Waals surface area contributed by atoms with Crippen molar-refractivity contribution in [3.05, 3.63) is 60.8 Å². The molecule has 7 unspecified atom stereocenters. The highest BCUT2D eigenvalue weighted by atomic mass is 16.7. The number of unbranched alkanes of at least 4 members (excludes halogenated alkanes) is 31. The number of hydrogen-bond acceptors (Lipinski definition) is 8. The van der Waals surface area contributed by atoms with Gasteiger partial charge in [0.1, 0.15) is 24.4 Å². The average Bonchev–Trinajstić information content (AvgIpc) is 3.35. The summed E-state index contributed by atoms with van der Waals surface area (Å²) in [5, 5.41) is 53.8. The third-order valence-corrected chi connectivity index (χ3v) is 13.6. The van der Waals surface area contributed by atoms with Crippen molar-refractivity contribution < 1.29 is 39.8 Å². The fraction of sp³-hybridized carbons (Fsp3) is 0.817. The second kappa shape index (κ2) is 49.5. The van der Waals surface area contributed by atoms with Gasteiger partial charge in [0.15, 0.2) is 6.29 Å². The number of amides is 1. The summed E-state index contributed by atoms with van der Waals surface area (Å²) in [5.41, 5.74) is 0. The molecule has 6 N–H and O–H groups in total. The van der Waals surface area contributed by atoms with Crippen molar-refractivity contribution in [3.63, 3.8) is 0 Å². The number of carbonyl (C=O) groups excluding carboxylic acids is 1. The molecule has 1 rings (SSSR count). The molecule has 1 fully saturated rings. The molecule has 1 heterocycles. The molecule has 0 spiro atoms. The Balaban J connectivity index is 1.91. The van der Waals surface area contributed by atoms with Crippen LogP contribution in [0.15, 0.2) is 60.8 Å². The van der Waals surface area contributed by atoms with E-state index in [1.165, 1.54) is 167 Å². The van der Waals surface area contributed by atoms with Crippen LogP contribution in [0.3, 0.4) is 0 Å². The summed E-state index contributed by atoms with van der Waals surface area (Å²) in [7, 11) is 0. The number of hydrogen-bond donors (Lipinski definition) is 6. The molecule has 1 saturated heterocycles. The van der Waals surface area contributed by atoms with Crippen LogP contribution in [0.5, 0.6) is 0 Å². The van der Waals surface area contributed by atoms with Gasteiger partial charge >= 0.3 is 0 Å². The summed E-state index contributed by atoms with van der Waals surface area (Å²) < 4.78 is 11.1. The Hall–Kier alpha value is -2.11. The number of aliphatic hydroxyl groups excluding tert-OH is 5. The summed E-state index contributed by atoms with van der Waals surface area (Å²) in [4.78, 5) is 12.9. The quantitative estimate of drug-likeness (QED) is 0.0261. The Morgan fingerprint density at radius 3 is 1.33 bits per heavy atom. The predicted octanol–water partition coefficient (Wildman–Crippen LogP) is 14.3. The normalized spacial score (nSPS) is 19.9. The van der Waals surface area contributed by atoms with E-state index < -0.39 is 49.5 Å². The van der Waals surface area contributed by atoms with Crippen LogP contribution in [0, 0.1) is 0 Å². The lowest BCUT2D eigenvalue weighted by molar-refractivity contribution is -0.302. The van der Waals surface area contributed by atoms with Crippen molar-refractivity contribution in [3.8, 4) is 0 Å². The molecule has 0 aromatic carbocycles. The van der Waals surface area contributed by atoms with Gasteiger partial charge in [0.2, 0.25) is 5.91 Å². The van der Waals surface area contributed by atoms with Crippen LogP contribution in [0.2, 0.25) is 0 Å². The monoisotopic (exact) mass is 972 g/mol. The van der Waals surface area contributed by atoms with E-state index in [1.54, 1.807) is 6.08 Å². The van der Waals surface area contributed by atoms with Crippen molar-refractivity contribution >= 4 is 5.91 Å². The zero-order valence-corrected chi connectivity index (χ0v) is 44.6. The zero-order chi connectivity index (χ0) is 50.1. The smallest absolute Gasteiger partial charge is 0.220 e. The molecule has 0 saturated carbocycles. The summed E-state index contributed by atoms with van der Waals surface area (Å²) in [6, 6.07) is -0.799. The van der Waals surface area contributed by atoms with Gasteiger partial charge in [0, 0.05) is 6.42 Å². The standard InChI is InChI=1S/C60H109NO8/c1-3-5-7-9-10-11-12-13-14-15-16-17-18-19-20-21-22-23-24-25-26-27-28-29-30-31-32-33-34-35-36-37-38-39-40-41-42-43-44-46-48-50-56(64)61-53(54(63)49-47-45-8-6-4-2)52-68-60-59(67)58(66)57(65)55(51-62)69-60/h5,7,10-11,13-14,16-17,47,49,53-55,57-60,62-63,65-67H,3-4,6,8-9,12,15,18-46,48,50-52H2,1-2H3,(H,61,64)/b7-5-,11-10-,14-13-,17-16-,49-47+. The molecule has 9 heteroatoms. The first-order chi connectivity index (χ1) is 33.8. The fourth-order valence-corrected chi connectivity index (χ4v) is 9.03. The van der Waals surface area contributed by atoms with Crippen LogP contribution in [0.4, 0.5) is 0 Å². The van der Waals surface area contributed by atoms with Crippen molar-refractivity contribution in [1.82, 2.24) is 5.32 Å². The molecule has 0 radical (unpaired) electrons. The highest BCUT2D eigenvalue weighted by Crippen LogP contribution is 2.23. The van der Waals surface area contributed by atoms with E-state index in [0.717, 1.165) is 70.6 Å². The molecule has 0 aromatic heterocycles. The molecule has 7 atom stereocenters. The van der Waals surface area contributed by atoms with Gasteiger partial charge in [-0.05, 0) is 57.8 Å². The number of nitrogens with one attached hydrogen (secondary N) is 1. The summed E-state index contributed by atoms with van der Waals surface area (Å²) >= 11 is 0. The van der Waals surface area contributed by atoms with E-state index in [4.69, 9.17) is 9.47 Å². The Labute approximate surface area is 424 Å².